The number of hydrogen-bond acceptors (Lipinski definition) is 3. The maximum atomic E-state index is 12.8. The highest BCUT2D eigenvalue weighted by atomic mass is 35.5. The van der Waals surface area contributed by atoms with Crippen LogP contribution in [0.4, 0.5) is 5.69 Å². The summed E-state index contributed by atoms with van der Waals surface area (Å²) < 4.78 is 5.78. The monoisotopic (exact) mass is 414 g/mol. The van der Waals surface area contributed by atoms with Gasteiger partial charge >= 0.3 is 0 Å². The fourth-order valence-electron chi connectivity index (χ4n) is 3.47. The summed E-state index contributed by atoms with van der Waals surface area (Å²) in [6.07, 6.45) is 2.99. The summed E-state index contributed by atoms with van der Waals surface area (Å²) in [5.74, 6) is 0.627. The van der Waals surface area contributed by atoms with Crippen LogP contribution in [0.3, 0.4) is 0 Å². The summed E-state index contributed by atoms with van der Waals surface area (Å²) in [6.45, 7) is 5.59. The van der Waals surface area contributed by atoms with Crippen LogP contribution >= 0.6 is 11.6 Å². The largest absolute Gasteiger partial charge is 0.483 e. The number of carbonyl (C=O) groups is 2. The van der Waals surface area contributed by atoms with Crippen molar-refractivity contribution in [2.75, 3.05) is 25.0 Å². The topological polar surface area (TPSA) is 58.6 Å². The summed E-state index contributed by atoms with van der Waals surface area (Å²) >= 11 is 6.10. The molecule has 0 saturated carbocycles. The lowest BCUT2D eigenvalue weighted by molar-refractivity contribution is -0.118. The predicted octanol–water partition coefficient (Wildman–Crippen LogP) is 5.11. The molecule has 1 unspecified atom stereocenters. The Bertz CT molecular complexity index is 878. The number of anilines is 1. The first-order valence-electron chi connectivity index (χ1n) is 10.1. The van der Waals surface area contributed by atoms with Crippen molar-refractivity contribution in [1.82, 2.24) is 4.90 Å². The van der Waals surface area contributed by atoms with Crippen molar-refractivity contribution >= 4 is 29.1 Å². The number of benzene rings is 2. The van der Waals surface area contributed by atoms with Crippen LogP contribution in [0.1, 0.15) is 54.9 Å². The molecule has 0 aromatic heterocycles. The second-order valence-electron chi connectivity index (χ2n) is 7.37. The Labute approximate surface area is 177 Å². The molecule has 3 rings (SSSR count). The molecule has 5 nitrogen and oxygen atoms in total. The van der Waals surface area contributed by atoms with E-state index in [1.807, 2.05) is 24.3 Å². The molecular formula is C23H27ClN2O3. The molecule has 1 atom stereocenters. The van der Waals surface area contributed by atoms with Gasteiger partial charge in [-0.1, -0.05) is 43.6 Å². The highest BCUT2D eigenvalue weighted by Crippen LogP contribution is 2.28. The van der Waals surface area contributed by atoms with Crippen molar-refractivity contribution in [2.24, 2.45) is 0 Å². The summed E-state index contributed by atoms with van der Waals surface area (Å²) in [5.41, 5.74) is 1.94. The number of hydrogen-bond donors (Lipinski definition) is 1. The van der Waals surface area contributed by atoms with E-state index >= 15 is 0 Å². The highest BCUT2D eigenvalue weighted by Gasteiger charge is 2.23. The van der Waals surface area contributed by atoms with Crippen LogP contribution in [0.15, 0.2) is 42.5 Å². The molecule has 1 fully saturated rings. The van der Waals surface area contributed by atoms with Gasteiger partial charge in [0.25, 0.3) is 11.8 Å². The SMILES string of the molecule is CCC(C)c1ccccc1OCC(=O)Nc1cc(Cl)ccc1C(=O)N1CCCC1. The number of para-hydroxylation sites is 1. The summed E-state index contributed by atoms with van der Waals surface area (Å²) in [6, 6.07) is 12.7. The average molecular weight is 415 g/mol. The van der Waals surface area contributed by atoms with Crippen molar-refractivity contribution in [3.05, 3.63) is 58.6 Å². The van der Waals surface area contributed by atoms with Crippen molar-refractivity contribution in [2.45, 2.75) is 39.0 Å². The Balaban J connectivity index is 1.70. The molecule has 2 amide bonds. The lowest BCUT2D eigenvalue weighted by Gasteiger charge is -2.19. The molecule has 0 radical (unpaired) electrons. The predicted molar refractivity (Wildman–Crippen MR) is 116 cm³/mol. The first kappa shape index (κ1) is 21.2. The molecule has 154 valence electrons. The van der Waals surface area contributed by atoms with Crippen LogP contribution < -0.4 is 10.1 Å². The minimum absolute atomic E-state index is 0.0856. The standard InChI is InChI=1S/C23H27ClN2O3/c1-3-16(2)18-8-4-5-9-21(18)29-15-22(27)25-20-14-17(24)10-11-19(20)23(28)26-12-6-7-13-26/h4-5,8-11,14,16H,3,6-7,12-13,15H2,1-2H3,(H,25,27). The maximum Gasteiger partial charge on any atom is 0.262 e. The zero-order chi connectivity index (χ0) is 20.8. The van der Waals surface area contributed by atoms with Gasteiger partial charge in [0.2, 0.25) is 0 Å². The Morgan fingerprint density at radius 1 is 1.17 bits per heavy atom. The molecule has 1 aliphatic rings. The second-order valence-corrected chi connectivity index (χ2v) is 7.81. The second kappa shape index (κ2) is 9.79. The molecule has 1 heterocycles. The van der Waals surface area contributed by atoms with Crippen molar-refractivity contribution in [1.29, 1.82) is 0 Å². The lowest BCUT2D eigenvalue weighted by atomic mass is 9.98. The fourth-order valence-corrected chi connectivity index (χ4v) is 3.64. The maximum absolute atomic E-state index is 12.8. The summed E-state index contributed by atoms with van der Waals surface area (Å²) in [5, 5.41) is 3.25. The minimum atomic E-state index is -0.332. The van der Waals surface area contributed by atoms with Crippen LogP contribution in [0.5, 0.6) is 5.75 Å². The third-order valence-corrected chi connectivity index (χ3v) is 5.54. The van der Waals surface area contributed by atoms with Crippen molar-refractivity contribution < 1.29 is 14.3 Å². The van der Waals surface area contributed by atoms with Gasteiger partial charge in [0.05, 0.1) is 11.3 Å². The van der Waals surface area contributed by atoms with Crippen LogP contribution in [0, 0.1) is 0 Å². The van der Waals surface area contributed by atoms with Gasteiger partial charge in [-0.15, -0.1) is 0 Å². The summed E-state index contributed by atoms with van der Waals surface area (Å²) in [7, 11) is 0. The van der Waals surface area contributed by atoms with Crippen LogP contribution in [0.25, 0.3) is 0 Å². The van der Waals surface area contributed by atoms with Gasteiger partial charge < -0.3 is 15.0 Å². The van der Waals surface area contributed by atoms with Gasteiger partial charge in [-0.2, -0.15) is 0 Å². The number of amides is 2. The van der Waals surface area contributed by atoms with E-state index in [0.717, 1.165) is 37.9 Å². The molecule has 6 heteroatoms. The molecule has 0 aliphatic carbocycles. The van der Waals surface area contributed by atoms with E-state index < -0.39 is 0 Å². The van der Waals surface area contributed by atoms with E-state index in [1.165, 1.54) is 0 Å². The fraction of sp³-hybridized carbons (Fsp3) is 0.391. The van der Waals surface area contributed by atoms with E-state index in [-0.39, 0.29) is 18.4 Å². The van der Waals surface area contributed by atoms with Gasteiger partial charge in [-0.3, -0.25) is 9.59 Å². The Morgan fingerprint density at radius 3 is 2.62 bits per heavy atom. The molecule has 1 N–H and O–H groups in total. The molecule has 2 aromatic rings. The lowest BCUT2D eigenvalue weighted by Crippen LogP contribution is -2.29. The normalized spacial score (nSPS) is 14.5. The molecule has 0 spiro atoms. The number of nitrogens with one attached hydrogen (secondary N) is 1. The molecule has 0 bridgehead atoms. The first-order valence-corrected chi connectivity index (χ1v) is 10.5. The van der Waals surface area contributed by atoms with Gasteiger partial charge in [0.15, 0.2) is 6.61 Å². The van der Waals surface area contributed by atoms with Gasteiger partial charge in [-0.05, 0) is 55.0 Å². The van der Waals surface area contributed by atoms with Crippen LogP contribution in [0.2, 0.25) is 5.02 Å². The zero-order valence-electron chi connectivity index (χ0n) is 16.9. The Morgan fingerprint density at radius 2 is 1.90 bits per heavy atom. The van der Waals surface area contributed by atoms with Gasteiger partial charge in [0, 0.05) is 18.1 Å². The number of carbonyl (C=O) groups excluding carboxylic acids is 2. The van der Waals surface area contributed by atoms with Gasteiger partial charge in [0.1, 0.15) is 5.75 Å². The van der Waals surface area contributed by atoms with Crippen molar-refractivity contribution in [3.8, 4) is 5.75 Å². The third kappa shape index (κ3) is 5.30. The van der Waals surface area contributed by atoms with Crippen LogP contribution in [-0.4, -0.2) is 36.4 Å². The molecule has 29 heavy (non-hydrogen) atoms. The third-order valence-electron chi connectivity index (χ3n) is 5.30. The van der Waals surface area contributed by atoms with E-state index in [4.69, 9.17) is 16.3 Å². The summed E-state index contributed by atoms with van der Waals surface area (Å²) in [4.78, 5) is 27.1. The van der Waals surface area contributed by atoms with E-state index in [2.05, 4.69) is 19.2 Å². The number of likely N-dealkylation sites (tertiary alicyclic amines) is 1. The minimum Gasteiger partial charge on any atom is -0.483 e. The zero-order valence-corrected chi connectivity index (χ0v) is 17.7. The quantitative estimate of drug-likeness (QED) is 0.685. The molecule has 1 saturated heterocycles. The van der Waals surface area contributed by atoms with Crippen molar-refractivity contribution in [3.63, 3.8) is 0 Å². The molecule has 2 aromatic carbocycles. The number of halogens is 1. The van der Waals surface area contributed by atoms with Crippen LogP contribution in [-0.2, 0) is 4.79 Å². The Hall–Kier alpha value is -2.53. The van der Waals surface area contributed by atoms with E-state index in [0.29, 0.717) is 27.9 Å². The number of nitrogens with zero attached hydrogens (tertiary/aromatic N) is 1. The average Bonchev–Trinajstić information content (AvgIpc) is 3.26. The molecular weight excluding hydrogens is 388 g/mol. The van der Waals surface area contributed by atoms with E-state index in [1.54, 1.807) is 23.1 Å². The Kier molecular flexibility index (Phi) is 7.15. The smallest absolute Gasteiger partial charge is 0.262 e. The highest BCUT2D eigenvalue weighted by molar-refractivity contribution is 6.31. The van der Waals surface area contributed by atoms with Gasteiger partial charge in [-0.25, -0.2) is 0 Å². The number of ether oxygens (including phenoxy) is 1. The number of rotatable bonds is 7. The first-order chi connectivity index (χ1) is 14.0. The molecule has 1 aliphatic heterocycles. The van der Waals surface area contributed by atoms with E-state index in [9.17, 15) is 9.59 Å².